The van der Waals surface area contributed by atoms with E-state index in [0.717, 1.165) is 30.1 Å². The minimum atomic E-state index is -0.698. The topological polar surface area (TPSA) is 60.6 Å². The highest BCUT2D eigenvalue weighted by molar-refractivity contribution is 5.93. The van der Waals surface area contributed by atoms with Gasteiger partial charge in [-0.1, -0.05) is 42.5 Å². The van der Waals surface area contributed by atoms with E-state index in [4.69, 9.17) is 9.73 Å². The number of ether oxygens (including phenoxy) is 1. The van der Waals surface area contributed by atoms with Crippen molar-refractivity contribution in [1.82, 2.24) is 10.2 Å². The molecule has 4 rings (SSSR count). The van der Waals surface area contributed by atoms with Gasteiger partial charge in [-0.15, -0.1) is 12.4 Å². The van der Waals surface area contributed by atoms with Crippen LogP contribution in [0.5, 0.6) is 5.75 Å². The molecule has 0 spiro atoms. The summed E-state index contributed by atoms with van der Waals surface area (Å²) in [5, 5.41) is 13.9. The zero-order valence-corrected chi connectivity index (χ0v) is 16.8. The lowest BCUT2D eigenvalue weighted by Gasteiger charge is -2.47. The lowest BCUT2D eigenvalue weighted by molar-refractivity contribution is 0.113. The molecule has 0 radical (unpaired) electrons. The van der Waals surface area contributed by atoms with E-state index < -0.39 is 5.54 Å². The summed E-state index contributed by atoms with van der Waals surface area (Å²) in [6.45, 7) is 3.10. The lowest BCUT2D eigenvalue weighted by Crippen LogP contribution is -2.61. The average molecular weight is 397 g/mol. The number of hydrogen-bond donors (Lipinski definition) is 1. The second-order valence-corrected chi connectivity index (χ2v) is 7.13. The standard InChI is InChI=1S/C22H24N4O.ClH/c1-27-19-9-7-18(8-10-19)22(16-23)13-20-21(25-12-11-24-20)15-26(22)14-17-5-3-2-4-6-17;/h2-10,20,24H,11-15H2,1H3;1H. The van der Waals surface area contributed by atoms with Gasteiger partial charge in [-0.3, -0.25) is 9.89 Å². The van der Waals surface area contributed by atoms with Crippen molar-refractivity contribution < 1.29 is 4.74 Å². The van der Waals surface area contributed by atoms with Gasteiger partial charge in [0.05, 0.1) is 19.7 Å². The van der Waals surface area contributed by atoms with Crippen molar-refractivity contribution in [2.24, 2.45) is 4.99 Å². The molecule has 0 amide bonds. The monoisotopic (exact) mass is 396 g/mol. The maximum Gasteiger partial charge on any atom is 0.137 e. The molecule has 1 saturated heterocycles. The molecule has 146 valence electrons. The highest BCUT2D eigenvalue weighted by Gasteiger charge is 2.47. The Kier molecular flexibility index (Phi) is 6.35. The van der Waals surface area contributed by atoms with Crippen LogP contribution in [-0.4, -0.2) is 43.4 Å². The number of nitrogens with zero attached hydrogens (tertiary/aromatic N) is 3. The number of nitriles is 1. The average Bonchev–Trinajstić information content (AvgIpc) is 2.74. The van der Waals surface area contributed by atoms with Gasteiger partial charge < -0.3 is 10.1 Å². The van der Waals surface area contributed by atoms with Crippen molar-refractivity contribution in [3.8, 4) is 11.8 Å². The second-order valence-electron chi connectivity index (χ2n) is 7.13. The van der Waals surface area contributed by atoms with Crippen LogP contribution < -0.4 is 10.1 Å². The quantitative estimate of drug-likeness (QED) is 0.862. The van der Waals surface area contributed by atoms with E-state index in [2.05, 4.69) is 28.4 Å². The molecule has 6 heteroatoms. The fraction of sp³-hybridized carbons (Fsp3) is 0.364. The molecule has 1 N–H and O–H groups in total. The van der Waals surface area contributed by atoms with Gasteiger partial charge in [-0.25, -0.2) is 0 Å². The molecular formula is C22H25ClN4O. The maximum atomic E-state index is 10.4. The number of methoxy groups -OCH3 is 1. The van der Waals surface area contributed by atoms with Crippen LogP contribution in [-0.2, 0) is 12.1 Å². The molecule has 2 atom stereocenters. The van der Waals surface area contributed by atoms with Crippen molar-refractivity contribution in [3.63, 3.8) is 0 Å². The molecule has 2 heterocycles. The van der Waals surface area contributed by atoms with Crippen LogP contribution in [0.15, 0.2) is 59.6 Å². The Labute approximate surface area is 172 Å². The first-order valence-corrected chi connectivity index (χ1v) is 9.36. The number of hydrogen-bond acceptors (Lipinski definition) is 5. The van der Waals surface area contributed by atoms with Gasteiger partial charge in [0.2, 0.25) is 0 Å². The summed E-state index contributed by atoms with van der Waals surface area (Å²) in [6.07, 6.45) is 0.696. The third-order valence-electron chi connectivity index (χ3n) is 5.58. The fourth-order valence-electron chi connectivity index (χ4n) is 4.11. The zero-order valence-electron chi connectivity index (χ0n) is 16.0. The highest BCUT2D eigenvalue weighted by atomic mass is 35.5. The number of benzene rings is 2. The summed E-state index contributed by atoms with van der Waals surface area (Å²) in [5.41, 5.74) is 2.68. The largest absolute Gasteiger partial charge is 0.497 e. The summed E-state index contributed by atoms with van der Waals surface area (Å²) in [4.78, 5) is 7.02. The molecule has 2 aliphatic heterocycles. The molecule has 0 aromatic heterocycles. The maximum absolute atomic E-state index is 10.4. The van der Waals surface area contributed by atoms with Crippen LogP contribution in [0.1, 0.15) is 17.5 Å². The third kappa shape index (κ3) is 3.77. The summed E-state index contributed by atoms with van der Waals surface area (Å²) >= 11 is 0. The molecule has 2 aromatic carbocycles. The Morgan fingerprint density at radius 1 is 1.21 bits per heavy atom. The Morgan fingerprint density at radius 2 is 1.96 bits per heavy atom. The normalized spacial score (nSPS) is 24.3. The number of piperidine rings is 1. The Hall–Kier alpha value is -2.39. The summed E-state index contributed by atoms with van der Waals surface area (Å²) in [5.74, 6) is 0.801. The Balaban J connectivity index is 0.00000225. The Bertz CT molecular complexity index is 862. The minimum Gasteiger partial charge on any atom is -0.497 e. The second kappa shape index (κ2) is 8.74. The van der Waals surface area contributed by atoms with Crippen LogP contribution >= 0.6 is 12.4 Å². The highest BCUT2D eigenvalue weighted by Crippen LogP contribution is 2.39. The van der Waals surface area contributed by atoms with Crippen LogP contribution in [0.3, 0.4) is 0 Å². The zero-order chi connectivity index (χ0) is 18.7. The van der Waals surface area contributed by atoms with Crippen molar-refractivity contribution in [2.75, 3.05) is 26.7 Å². The van der Waals surface area contributed by atoms with Crippen LogP contribution in [0.2, 0.25) is 0 Å². The predicted molar refractivity (Wildman–Crippen MR) is 113 cm³/mol. The molecule has 1 fully saturated rings. The van der Waals surface area contributed by atoms with Crippen LogP contribution in [0, 0.1) is 11.3 Å². The third-order valence-corrected chi connectivity index (χ3v) is 5.58. The summed E-state index contributed by atoms with van der Waals surface area (Å²) in [6, 6.07) is 21.1. The van der Waals surface area contributed by atoms with Crippen molar-refractivity contribution in [2.45, 2.75) is 24.5 Å². The van der Waals surface area contributed by atoms with Gasteiger partial charge in [0.15, 0.2) is 0 Å². The van der Waals surface area contributed by atoms with Gasteiger partial charge in [-0.05, 0) is 23.3 Å². The van der Waals surface area contributed by atoms with Crippen molar-refractivity contribution in [1.29, 1.82) is 5.26 Å². The number of likely N-dealkylation sites (tertiary alicyclic amines) is 1. The van der Waals surface area contributed by atoms with Gasteiger partial charge in [0.1, 0.15) is 11.3 Å². The number of nitrogens with one attached hydrogen (secondary N) is 1. The van der Waals surface area contributed by atoms with Crippen LogP contribution in [0.4, 0.5) is 0 Å². The first-order valence-electron chi connectivity index (χ1n) is 9.36. The van der Waals surface area contributed by atoms with E-state index in [9.17, 15) is 5.26 Å². The van der Waals surface area contributed by atoms with Crippen LogP contribution in [0.25, 0.3) is 0 Å². The van der Waals surface area contributed by atoms with E-state index in [1.165, 1.54) is 5.56 Å². The van der Waals surface area contributed by atoms with Gasteiger partial charge >= 0.3 is 0 Å². The van der Waals surface area contributed by atoms with Crippen molar-refractivity contribution in [3.05, 3.63) is 65.7 Å². The smallest absolute Gasteiger partial charge is 0.137 e. The minimum absolute atomic E-state index is 0. The van der Waals surface area contributed by atoms with E-state index in [1.807, 2.05) is 42.5 Å². The number of aliphatic imine (C=N–C) groups is 1. The SMILES string of the molecule is COc1ccc(C2(C#N)CC3NCCN=C3CN2Cc2ccccc2)cc1.Cl. The molecule has 5 nitrogen and oxygen atoms in total. The number of fused-ring (bicyclic) bond motifs is 1. The predicted octanol–water partition coefficient (Wildman–Crippen LogP) is 3.15. The van der Waals surface area contributed by atoms with Gasteiger partial charge in [-0.2, -0.15) is 5.26 Å². The molecule has 0 aliphatic carbocycles. The first-order chi connectivity index (χ1) is 13.2. The molecule has 0 bridgehead atoms. The van der Waals surface area contributed by atoms with E-state index in [1.54, 1.807) is 7.11 Å². The van der Waals surface area contributed by atoms with Gasteiger partial charge in [0.25, 0.3) is 0 Å². The van der Waals surface area contributed by atoms with Gasteiger partial charge in [0, 0.05) is 37.8 Å². The number of halogens is 1. The van der Waals surface area contributed by atoms with Crippen molar-refractivity contribution >= 4 is 18.1 Å². The van der Waals surface area contributed by atoms with E-state index in [-0.39, 0.29) is 18.4 Å². The fourth-order valence-corrected chi connectivity index (χ4v) is 4.11. The summed E-state index contributed by atoms with van der Waals surface area (Å²) in [7, 11) is 1.66. The summed E-state index contributed by atoms with van der Waals surface area (Å²) < 4.78 is 5.30. The molecule has 2 unspecified atom stereocenters. The molecule has 0 saturated carbocycles. The van der Waals surface area contributed by atoms with E-state index >= 15 is 0 Å². The lowest BCUT2D eigenvalue weighted by atomic mass is 9.78. The molecule has 2 aliphatic rings. The Morgan fingerprint density at radius 3 is 2.64 bits per heavy atom. The molecule has 2 aromatic rings. The number of rotatable bonds is 4. The van der Waals surface area contributed by atoms with E-state index in [0.29, 0.717) is 19.5 Å². The first kappa shape index (κ1) is 20.3. The molecule has 28 heavy (non-hydrogen) atoms. The molecular weight excluding hydrogens is 372 g/mol.